The molecule has 0 unspecified atom stereocenters. The van der Waals surface area contributed by atoms with Gasteiger partial charge < -0.3 is 33.9 Å². The maximum atomic E-state index is 13.7. The maximum absolute atomic E-state index is 13.7. The lowest BCUT2D eigenvalue weighted by Gasteiger charge is -2.63. The highest BCUT2D eigenvalue weighted by molar-refractivity contribution is 6.47. The number of carbonyl (C=O) groups excluding carboxylic acids is 3. The van der Waals surface area contributed by atoms with E-state index in [-0.39, 0.29) is 43.3 Å². The van der Waals surface area contributed by atoms with E-state index in [0.29, 0.717) is 18.3 Å². The number of nitriles is 1. The van der Waals surface area contributed by atoms with Crippen LogP contribution in [0.1, 0.15) is 80.7 Å². The monoisotopic (exact) mass is 676 g/mol. The van der Waals surface area contributed by atoms with Gasteiger partial charge in [-0.15, -0.1) is 0 Å². The van der Waals surface area contributed by atoms with Crippen molar-refractivity contribution >= 4 is 25.2 Å². The van der Waals surface area contributed by atoms with E-state index in [1.807, 2.05) is 57.2 Å². The summed E-state index contributed by atoms with van der Waals surface area (Å²) >= 11 is 0. The van der Waals surface area contributed by atoms with Crippen LogP contribution in [0.4, 0.5) is 9.59 Å². The van der Waals surface area contributed by atoms with E-state index in [0.717, 1.165) is 18.4 Å². The predicted octanol–water partition coefficient (Wildman–Crippen LogP) is 5.54. The van der Waals surface area contributed by atoms with Crippen molar-refractivity contribution in [3.05, 3.63) is 47.5 Å². The Bertz CT molecular complexity index is 1480. The molecular weight excluding hydrogens is 623 g/mol. The highest BCUT2D eigenvalue weighted by Crippen LogP contribution is 2.64. The summed E-state index contributed by atoms with van der Waals surface area (Å²) in [6, 6.07) is 11.2. The van der Waals surface area contributed by atoms with Crippen LogP contribution in [0.3, 0.4) is 0 Å². The molecule has 1 N–H and O–H groups in total. The van der Waals surface area contributed by atoms with Crippen LogP contribution in [0.2, 0.25) is 0 Å². The van der Waals surface area contributed by atoms with Gasteiger partial charge in [0.1, 0.15) is 23.9 Å². The molecule has 266 valence electrons. The number of allylic oxidation sites excluding steroid dienone is 1. The topological polar surface area (TPSA) is 130 Å². The predicted molar refractivity (Wildman–Crippen MR) is 185 cm³/mol. The van der Waals surface area contributed by atoms with Gasteiger partial charge in [0.25, 0.3) is 5.91 Å². The van der Waals surface area contributed by atoms with Gasteiger partial charge in [0, 0.05) is 19.6 Å². The van der Waals surface area contributed by atoms with Crippen LogP contribution < -0.4 is 5.32 Å². The molecule has 12 heteroatoms. The zero-order chi connectivity index (χ0) is 35.9. The molecule has 0 spiro atoms. The summed E-state index contributed by atoms with van der Waals surface area (Å²) in [4.78, 5) is 43.2. The molecule has 11 nitrogen and oxygen atoms in total. The fourth-order valence-electron chi connectivity index (χ4n) is 7.85. The first kappa shape index (κ1) is 36.7. The van der Waals surface area contributed by atoms with Gasteiger partial charge in [-0.1, -0.05) is 71.0 Å². The number of nitrogens with one attached hydrogen (secondary N) is 1. The second-order valence-electron chi connectivity index (χ2n) is 17.1. The Morgan fingerprint density at radius 1 is 1.12 bits per heavy atom. The van der Waals surface area contributed by atoms with Gasteiger partial charge in [0.05, 0.1) is 23.7 Å². The minimum atomic E-state index is -0.710. The normalized spacial score (nSPS) is 28.5. The van der Waals surface area contributed by atoms with Crippen LogP contribution in [0.15, 0.2) is 42.0 Å². The van der Waals surface area contributed by atoms with Crippen molar-refractivity contribution in [3.8, 4) is 6.07 Å². The van der Waals surface area contributed by atoms with Crippen molar-refractivity contribution in [2.24, 2.45) is 22.7 Å². The largest absolute Gasteiger partial charge is 0.482 e. The van der Waals surface area contributed by atoms with Gasteiger partial charge in [-0.25, -0.2) is 9.59 Å². The number of rotatable bonds is 7. The van der Waals surface area contributed by atoms with Crippen LogP contribution in [0.5, 0.6) is 0 Å². The van der Waals surface area contributed by atoms with Crippen LogP contribution in [0, 0.1) is 34.0 Å². The van der Waals surface area contributed by atoms with Gasteiger partial charge >= 0.3 is 19.3 Å². The SMILES string of the molecule is CC(C)(C)/C=C(\C#N)C(=O)N1CCN(C(=O)OC(C)(C)C)C[C@@H]1COC(=O)N[C@@H](Cc1ccccc1)B1O[C@H]2[C@H]3C[C@@H](C[C@@]2(C)O1)C3(C)C. The molecule has 2 bridgehead atoms. The smallest absolute Gasteiger partial charge is 0.447 e. The fourth-order valence-corrected chi connectivity index (χ4v) is 7.85. The third-order valence-corrected chi connectivity index (χ3v) is 10.5. The van der Waals surface area contributed by atoms with Crippen molar-refractivity contribution in [1.82, 2.24) is 15.1 Å². The number of hydrogen-bond acceptors (Lipinski definition) is 8. The third-order valence-electron chi connectivity index (χ3n) is 10.5. The van der Waals surface area contributed by atoms with Gasteiger partial charge in [0.15, 0.2) is 0 Å². The molecule has 0 aromatic heterocycles. The number of hydrogen-bond donors (Lipinski definition) is 1. The van der Waals surface area contributed by atoms with Crippen LogP contribution in [-0.2, 0) is 30.0 Å². The van der Waals surface area contributed by atoms with Gasteiger partial charge in [-0.2, -0.15) is 5.26 Å². The average Bonchev–Trinajstić information content (AvgIpc) is 3.38. The van der Waals surface area contributed by atoms with Crippen LogP contribution in [0.25, 0.3) is 0 Å². The lowest BCUT2D eigenvalue weighted by molar-refractivity contribution is -0.185. The number of ether oxygens (including phenoxy) is 2. The number of piperazine rings is 1. The molecule has 0 radical (unpaired) electrons. The molecule has 1 aromatic rings. The average molecular weight is 677 g/mol. The Balaban J connectivity index is 1.31. The number of amides is 3. The molecule has 3 amide bonds. The molecular formula is C37H53BN4O7. The second-order valence-corrected chi connectivity index (χ2v) is 17.1. The standard InChI is InChI=1S/C37H53BN4O7/c1-34(2,3)19-25(21-39)31(43)42-16-15-41(33(45)47-35(4,5)6)22-27(42)23-46-32(44)40-29(17-24-13-11-10-12-14-24)38-48-30-28-18-26(36(28,7)8)20-37(30,9)49-38/h10-14,19,26-30H,15-18,20,22-23H2,1-9H3,(H,40,44)/b25-19+/t26-,27+,28+,29-,30-,37+/m0/s1. The van der Waals surface area contributed by atoms with E-state index in [9.17, 15) is 19.6 Å². The first-order valence-corrected chi connectivity index (χ1v) is 17.5. The summed E-state index contributed by atoms with van der Waals surface area (Å²) in [5, 5.41) is 12.9. The molecule has 2 aliphatic heterocycles. The molecule has 49 heavy (non-hydrogen) atoms. The lowest BCUT2D eigenvalue weighted by atomic mass is 9.45. The van der Waals surface area contributed by atoms with Gasteiger partial charge in [-0.05, 0) is 75.2 Å². The highest BCUT2D eigenvalue weighted by Gasteiger charge is 2.67. The summed E-state index contributed by atoms with van der Waals surface area (Å²) in [6.45, 7) is 18.1. The Kier molecular flexibility index (Phi) is 10.2. The van der Waals surface area contributed by atoms with Gasteiger partial charge in [0.2, 0.25) is 0 Å². The maximum Gasteiger partial charge on any atom is 0.482 e. The number of carbonyl (C=O) groups is 3. The van der Waals surface area contributed by atoms with E-state index in [4.69, 9.17) is 18.8 Å². The first-order chi connectivity index (χ1) is 22.8. The van der Waals surface area contributed by atoms with E-state index in [1.54, 1.807) is 26.8 Å². The van der Waals surface area contributed by atoms with E-state index < -0.39 is 53.8 Å². The van der Waals surface area contributed by atoms with E-state index >= 15 is 0 Å². The molecule has 5 fully saturated rings. The first-order valence-electron chi connectivity index (χ1n) is 17.5. The Hall–Kier alpha value is -3.56. The molecule has 1 aromatic carbocycles. The van der Waals surface area contributed by atoms with Crippen LogP contribution >= 0.6 is 0 Å². The Labute approximate surface area is 291 Å². The minimum Gasteiger partial charge on any atom is -0.447 e. The van der Waals surface area contributed by atoms with Crippen LogP contribution in [-0.4, -0.2) is 90.5 Å². The van der Waals surface area contributed by atoms with E-state index in [1.165, 1.54) is 9.80 Å². The lowest BCUT2D eigenvalue weighted by Crippen LogP contribution is -2.63. The molecule has 3 aliphatic carbocycles. The molecule has 6 rings (SSSR count). The summed E-state index contributed by atoms with van der Waals surface area (Å²) in [6.07, 6.45) is 2.86. The summed E-state index contributed by atoms with van der Waals surface area (Å²) in [5.74, 6) is -0.0474. The molecule has 2 heterocycles. The zero-order valence-corrected chi connectivity index (χ0v) is 30.6. The number of nitrogens with zero attached hydrogens (tertiary/aromatic N) is 3. The Morgan fingerprint density at radius 3 is 2.43 bits per heavy atom. The number of benzene rings is 1. The minimum absolute atomic E-state index is 0.00201. The Morgan fingerprint density at radius 2 is 1.82 bits per heavy atom. The van der Waals surface area contributed by atoms with Crippen molar-refractivity contribution in [3.63, 3.8) is 0 Å². The summed E-state index contributed by atoms with van der Waals surface area (Å²) < 4.78 is 24.7. The molecule has 6 atom stereocenters. The van der Waals surface area contributed by atoms with Crippen molar-refractivity contribution in [1.29, 1.82) is 5.26 Å². The van der Waals surface area contributed by atoms with Crippen molar-refractivity contribution < 1.29 is 33.2 Å². The molecule has 3 saturated carbocycles. The fraction of sp³-hybridized carbons (Fsp3) is 0.676. The molecule has 5 aliphatic rings. The quantitative estimate of drug-likeness (QED) is 0.227. The molecule has 2 saturated heterocycles. The summed E-state index contributed by atoms with van der Waals surface area (Å²) in [5.41, 5.74) is -0.343. The third kappa shape index (κ3) is 8.26. The number of alkyl carbamates (subject to hydrolysis) is 1. The second kappa shape index (κ2) is 13.6. The van der Waals surface area contributed by atoms with Crippen molar-refractivity contribution in [2.45, 2.75) is 111 Å². The summed E-state index contributed by atoms with van der Waals surface area (Å²) in [7, 11) is -0.672. The van der Waals surface area contributed by atoms with Crippen molar-refractivity contribution in [2.75, 3.05) is 26.2 Å². The highest BCUT2D eigenvalue weighted by atomic mass is 16.7. The van der Waals surface area contributed by atoms with Gasteiger partial charge in [-0.3, -0.25) is 4.79 Å². The zero-order valence-electron chi connectivity index (χ0n) is 30.6. The van der Waals surface area contributed by atoms with E-state index in [2.05, 4.69) is 26.1 Å².